The highest BCUT2D eigenvalue weighted by Crippen LogP contribution is 2.27. The van der Waals surface area contributed by atoms with Gasteiger partial charge >= 0.3 is 0 Å². The second kappa shape index (κ2) is 6.02. The molecule has 0 aliphatic rings. The number of carbonyl (C=O) groups is 1. The van der Waals surface area contributed by atoms with E-state index in [-0.39, 0.29) is 5.91 Å². The van der Waals surface area contributed by atoms with Crippen molar-refractivity contribution in [2.45, 2.75) is 33.1 Å². The second-order valence-corrected chi connectivity index (χ2v) is 6.05. The van der Waals surface area contributed by atoms with E-state index >= 15 is 0 Å². The average molecular weight is 273 g/mol. The highest BCUT2D eigenvalue weighted by molar-refractivity contribution is 7.14. The molecule has 2 aromatic rings. The summed E-state index contributed by atoms with van der Waals surface area (Å²) in [6.45, 7) is 6.35. The first-order chi connectivity index (χ1) is 9.11. The monoisotopic (exact) mass is 273 g/mol. The van der Waals surface area contributed by atoms with Crippen molar-refractivity contribution in [1.29, 1.82) is 0 Å². The summed E-state index contributed by atoms with van der Waals surface area (Å²) in [5, 5.41) is 3.03. The van der Waals surface area contributed by atoms with Crippen molar-refractivity contribution in [2.75, 3.05) is 5.32 Å². The Morgan fingerprint density at radius 1 is 1.26 bits per heavy atom. The van der Waals surface area contributed by atoms with Gasteiger partial charge in [-0.15, -0.1) is 11.3 Å². The van der Waals surface area contributed by atoms with Crippen LogP contribution in [0.2, 0.25) is 0 Å². The van der Waals surface area contributed by atoms with Crippen LogP contribution in [0.3, 0.4) is 0 Å². The quantitative estimate of drug-likeness (QED) is 0.850. The number of anilines is 1. The molecule has 1 aromatic carbocycles. The second-order valence-electron chi connectivity index (χ2n) is 4.76. The van der Waals surface area contributed by atoms with Crippen molar-refractivity contribution >= 4 is 22.9 Å². The molecule has 2 rings (SSSR count). The van der Waals surface area contributed by atoms with Gasteiger partial charge in [-0.1, -0.05) is 32.0 Å². The molecule has 0 saturated carbocycles. The molecule has 1 aromatic heterocycles. The zero-order valence-corrected chi connectivity index (χ0v) is 12.4. The van der Waals surface area contributed by atoms with Crippen LogP contribution < -0.4 is 5.32 Å². The van der Waals surface area contributed by atoms with Crippen molar-refractivity contribution in [3.63, 3.8) is 0 Å². The molecule has 100 valence electrons. The van der Waals surface area contributed by atoms with E-state index < -0.39 is 0 Å². The maximum Gasteiger partial charge on any atom is 0.265 e. The number of benzene rings is 1. The predicted molar refractivity (Wildman–Crippen MR) is 82.2 cm³/mol. The molecule has 0 bridgehead atoms. The lowest BCUT2D eigenvalue weighted by Crippen LogP contribution is -2.12. The van der Waals surface area contributed by atoms with Crippen LogP contribution >= 0.6 is 11.3 Å². The van der Waals surface area contributed by atoms with E-state index in [1.807, 2.05) is 37.3 Å². The van der Waals surface area contributed by atoms with Crippen LogP contribution in [0, 0.1) is 6.92 Å². The zero-order chi connectivity index (χ0) is 13.8. The number of hydrogen-bond acceptors (Lipinski definition) is 2. The van der Waals surface area contributed by atoms with Gasteiger partial charge in [0.05, 0.1) is 4.88 Å². The van der Waals surface area contributed by atoms with Crippen molar-refractivity contribution in [3.8, 4) is 0 Å². The SMILES string of the molecule is CC[C@@H](C)c1ccccc1NC(=O)c1ccc(C)s1. The third-order valence-corrected chi connectivity index (χ3v) is 4.32. The van der Waals surface area contributed by atoms with Gasteiger partial charge in [0.25, 0.3) is 5.91 Å². The number of nitrogens with one attached hydrogen (secondary N) is 1. The van der Waals surface area contributed by atoms with Gasteiger partial charge in [0.15, 0.2) is 0 Å². The summed E-state index contributed by atoms with van der Waals surface area (Å²) in [6.07, 6.45) is 1.06. The van der Waals surface area contributed by atoms with Crippen LogP contribution in [0.4, 0.5) is 5.69 Å². The number of amides is 1. The molecule has 1 atom stereocenters. The molecule has 19 heavy (non-hydrogen) atoms. The molecule has 2 nitrogen and oxygen atoms in total. The molecule has 1 N–H and O–H groups in total. The third-order valence-electron chi connectivity index (χ3n) is 3.32. The fraction of sp³-hybridized carbons (Fsp3) is 0.312. The molecule has 0 spiro atoms. The Morgan fingerprint density at radius 3 is 2.63 bits per heavy atom. The topological polar surface area (TPSA) is 29.1 Å². The van der Waals surface area contributed by atoms with Crippen molar-refractivity contribution < 1.29 is 4.79 Å². The molecule has 0 aliphatic carbocycles. The summed E-state index contributed by atoms with van der Waals surface area (Å²) in [5.41, 5.74) is 2.12. The lowest BCUT2D eigenvalue weighted by atomic mass is 9.97. The number of rotatable bonds is 4. The minimum absolute atomic E-state index is 0.0196. The highest BCUT2D eigenvalue weighted by atomic mass is 32.1. The number of aryl methyl sites for hydroxylation is 1. The van der Waals surface area contributed by atoms with Gasteiger partial charge in [-0.2, -0.15) is 0 Å². The fourth-order valence-electron chi connectivity index (χ4n) is 2.00. The summed E-state index contributed by atoms with van der Waals surface area (Å²) < 4.78 is 0. The molecule has 1 heterocycles. The highest BCUT2D eigenvalue weighted by Gasteiger charge is 2.13. The van der Waals surface area contributed by atoms with Crippen molar-refractivity contribution in [1.82, 2.24) is 0 Å². The Balaban J connectivity index is 2.21. The van der Waals surface area contributed by atoms with Crippen LogP contribution in [0.5, 0.6) is 0 Å². The Bertz CT molecular complexity index is 574. The Hall–Kier alpha value is -1.61. The average Bonchev–Trinajstić information content (AvgIpc) is 2.85. The number of para-hydroxylation sites is 1. The molecule has 3 heteroatoms. The van der Waals surface area contributed by atoms with E-state index in [4.69, 9.17) is 0 Å². The van der Waals surface area contributed by atoms with E-state index in [0.717, 1.165) is 21.9 Å². The lowest BCUT2D eigenvalue weighted by Gasteiger charge is -2.15. The summed E-state index contributed by atoms with van der Waals surface area (Å²) in [6, 6.07) is 11.9. The van der Waals surface area contributed by atoms with Crippen LogP contribution in [0.25, 0.3) is 0 Å². The molecule has 1 amide bonds. The van der Waals surface area contributed by atoms with Gasteiger partial charge in [-0.3, -0.25) is 4.79 Å². The van der Waals surface area contributed by atoms with Gasteiger partial charge in [0.1, 0.15) is 0 Å². The molecule has 0 saturated heterocycles. The summed E-state index contributed by atoms with van der Waals surface area (Å²) in [7, 11) is 0. The van der Waals surface area contributed by atoms with E-state index in [9.17, 15) is 4.79 Å². The maximum absolute atomic E-state index is 12.2. The Labute approximate surface area is 118 Å². The maximum atomic E-state index is 12.2. The van der Waals surface area contributed by atoms with Gasteiger partial charge in [-0.25, -0.2) is 0 Å². The first-order valence-corrected chi connectivity index (χ1v) is 7.40. The zero-order valence-electron chi connectivity index (χ0n) is 11.6. The van der Waals surface area contributed by atoms with Gasteiger partial charge in [-0.05, 0) is 43.0 Å². The Kier molecular flexibility index (Phi) is 4.38. The molecular formula is C16H19NOS. The third kappa shape index (κ3) is 3.24. The summed E-state index contributed by atoms with van der Waals surface area (Å²) in [5.74, 6) is 0.426. The smallest absolute Gasteiger partial charge is 0.265 e. The van der Waals surface area contributed by atoms with E-state index in [0.29, 0.717) is 5.92 Å². The van der Waals surface area contributed by atoms with Crippen LogP contribution in [-0.4, -0.2) is 5.91 Å². The molecule has 0 unspecified atom stereocenters. The van der Waals surface area contributed by atoms with Crippen molar-refractivity contribution in [2.24, 2.45) is 0 Å². The van der Waals surface area contributed by atoms with E-state index in [1.165, 1.54) is 16.9 Å². The van der Waals surface area contributed by atoms with Gasteiger partial charge in [0, 0.05) is 10.6 Å². The Morgan fingerprint density at radius 2 is 2.00 bits per heavy atom. The van der Waals surface area contributed by atoms with Crippen LogP contribution in [0.1, 0.15) is 46.3 Å². The molecular weight excluding hydrogens is 254 g/mol. The first kappa shape index (κ1) is 13.8. The normalized spacial score (nSPS) is 12.2. The molecule has 0 radical (unpaired) electrons. The van der Waals surface area contributed by atoms with Crippen molar-refractivity contribution in [3.05, 3.63) is 51.7 Å². The van der Waals surface area contributed by atoms with E-state index in [2.05, 4.69) is 25.2 Å². The fourth-order valence-corrected chi connectivity index (χ4v) is 2.76. The minimum atomic E-state index is -0.0196. The number of thiophene rings is 1. The summed E-state index contributed by atoms with van der Waals surface area (Å²) >= 11 is 1.52. The molecule has 0 aliphatic heterocycles. The van der Waals surface area contributed by atoms with Gasteiger partial charge < -0.3 is 5.32 Å². The van der Waals surface area contributed by atoms with Crippen LogP contribution in [0.15, 0.2) is 36.4 Å². The van der Waals surface area contributed by atoms with Crippen LogP contribution in [-0.2, 0) is 0 Å². The first-order valence-electron chi connectivity index (χ1n) is 6.58. The number of hydrogen-bond donors (Lipinski definition) is 1. The van der Waals surface area contributed by atoms with E-state index in [1.54, 1.807) is 0 Å². The lowest BCUT2D eigenvalue weighted by molar-refractivity contribution is 0.103. The minimum Gasteiger partial charge on any atom is -0.321 e. The predicted octanol–water partition coefficient (Wildman–Crippen LogP) is 4.82. The largest absolute Gasteiger partial charge is 0.321 e. The van der Waals surface area contributed by atoms with Gasteiger partial charge in [0.2, 0.25) is 0 Å². The standard InChI is InChI=1S/C16H19NOS/c1-4-11(2)13-7-5-6-8-14(13)17-16(18)15-10-9-12(3)19-15/h5-11H,4H2,1-3H3,(H,17,18)/t11-/m1/s1. The molecule has 0 fully saturated rings. The summed E-state index contributed by atoms with van der Waals surface area (Å²) in [4.78, 5) is 14.1. The number of carbonyl (C=O) groups excluding carboxylic acids is 1.